The Morgan fingerprint density at radius 2 is 2.05 bits per heavy atom. The zero-order chi connectivity index (χ0) is 13.8. The second kappa shape index (κ2) is 6.04. The van der Waals surface area contributed by atoms with Gasteiger partial charge in [0, 0.05) is 26.2 Å². The molecule has 0 bridgehead atoms. The van der Waals surface area contributed by atoms with Crippen molar-refractivity contribution in [1.82, 2.24) is 10.2 Å². The van der Waals surface area contributed by atoms with Crippen LogP contribution in [0.1, 0.15) is 25.8 Å². The zero-order valence-corrected chi connectivity index (χ0v) is 11.9. The Morgan fingerprint density at radius 1 is 1.42 bits per heavy atom. The lowest BCUT2D eigenvalue weighted by molar-refractivity contribution is 0.472. The number of guanidine groups is 1. The largest absolute Gasteiger partial charge is 0.353 e. The minimum Gasteiger partial charge on any atom is -0.353 e. The van der Waals surface area contributed by atoms with E-state index < -0.39 is 0 Å². The molecule has 0 spiro atoms. The van der Waals surface area contributed by atoms with Crippen LogP contribution in [0, 0.1) is 11.7 Å². The van der Waals surface area contributed by atoms with Gasteiger partial charge in [-0.2, -0.15) is 0 Å². The Morgan fingerprint density at radius 3 is 2.58 bits per heavy atom. The van der Waals surface area contributed by atoms with Gasteiger partial charge in [-0.05, 0) is 37.0 Å². The van der Waals surface area contributed by atoms with Crippen LogP contribution in [0.3, 0.4) is 0 Å². The summed E-state index contributed by atoms with van der Waals surface area (Å²) in [5.41, 5.74) is 1.08. The molecule has 1 aliphatic rings. The number of hydrogen-bond acceptors (Lipinski definition) is 1. The number of nitrogens with one attached hydrogen (secondary N) is 1. The number of rotatable bonds is 4. The maximum atomic E-state index is 12.9. The Kier molecular flexibility index (Phi) is 4.40. The van der Waals surface area contributed by atoms with Gasteiger partial charge in [-0.1, -0.05) is 19.1 Å². The molecular weight excluding hydrogens is 241 g/mol. The van der Waals surface area contributed by atoms with Crippen molar-refractivity contribution in [3.63, 3.8) is 0 Å². The molecule has 1 aromatic carbocycles. The Hall–Kier alpha value is -1.58. The topological polar surface area (TPSA) is 27.6 Å². The molecule has 1 aromatic rings. The molecule has 0 aromatic heterocycles. The maximum absolute atomic E-state index is 12.9. The van der Waals surface area contributed by atoms with Crippen LogP contribution in [0.25, 0.3) is 0 Å². The fourth-order valence-electron chi connectivity index (χ4n) is 2.05. The monoisotopic (exact) mass is 263 g/mol. The average Bonchev–Trinajstić information content (AvgIpc) is 3.07. The summed E-state index contributed by atoms with van der Waals surface area (Å²) in [4.78, 5) is 6.59. The molecule has 0 aliphatic heterocycles. The first-order valence-electron chi connectivity index (χ1n) is 6.86. The molecule has 2 unspecified atom stereocenters. The lowest BCUT2D eigenvalue weighted by Gasteiger charge is -2.22. The molecule has 3 nitrogen and oxygen atoms in total. The maximum Gasteiger partial charge on any atom is 0.194 e. The summed E-state index contributed by atoms with van der Waals surface area (Å²) in [6, 6.07) is 7.18. The second-order valence-corrected chi connectivity index (χ2v) is 5.24. The third-order valence-corrected chi connectivity index (χ3v) is 3.43. The van der Waals surface area contributed by atoms with Crippen LogP contribution in [0.5, 0.6) is 0 Å². The predicted octanol–water partition coefficient (Wildman–Crippen LogP) is 2.63. The number of benzene rings is 1. The van der Waals surface area contributed by atoms with Gasteiger partial charge < -0.3 is 10.2 Å². The van der Waals surface area contributed by atoms with Crippen LogP contribution in [0.15, 0.2) is 29.3 Å². The van der Waals surface area contributed by atoms with Crippen LogP contribution in [-0.2, 0) is 6.54 Å². The third-order valence-electron chi connectivity index (χ3n) is 3.43. The zero-order valence-electron chi connectivity index (χ0n) is 11.9. The lowest BCUT2D eigenvalue weighted by atomic mass is 10.2. The first-order chi connectivity index (χ1) is 9.10. The highest BCUT2D eigenvalue weighted by atomic mass is 19.1. The van der Waals surface area contributed by atoms with Crippen LogP contribution >= 0.6 is 0 Å². The molecule has 0 radical (unpaired) electrons. The summed E-state index contributed by atoms with van der Waals surface area (Å²) >= 11 is 0. The van der Waals surface area contributed by atoms with E-state index in [1.807, 2.05) is 26.1 Å². The number of aliphatic imine (C=N–C) groups is 1. The average molecular weight is 263 g/mol. The van der Waals surface area contributed by atoms with Crippen molar-refractivity contribution in [2.75, 3.05) is 13.6 Å². The first-order valence-corrected chi connectivity index (χ1v) is 6.86. The summed E-state index contributed by atoms with van der Waals surface area (Å²) in [7, 11) is 2.01. The van der Waals surface area contributed by atoms with Gasteiger partial charge in [0.2, 0.25) is 0 Å². The van der Waals surface area contributed by atoms with E-state index in [1.165, 1.54) is 18.6 Å². The Bertz CT molecular complexity index is 441. The number of halogens is 1. The van der Waals surface area contributed by atoms with E-state index in [0.29, 0.717) is 6.04 Å². The van der Waals surface area contributed by atoms with E-state index in [4.69, 9.17) is 0 Å². The molecule has 104 valence electrons. The van der Waals surface area contributed by atoms with Gasteiger partial charge in [0.15, 0.2) is 5.96 Å². The van der Waals surface area contributed by atoms with Crippen LogP contribution in [0.2, 0.25) is 0 Å². The van der Waals surface area contributed by atoms with Crippen LogP contribution in [-0.4, -0.2) is 30.5 Å². The van der Waals surface area contributed by atoms with E-state index in [0.717, 1.165) is 30.5 Å². The summed E-state index contributed by atoms with van der Waals surface area (Å²) in [6.07, 6.45) is 1.22. The lowest BCUT2D eigenvalue weighted by Crippen LogP contribution is -2.40. The molecule has 2 rings (SSSR count). The van der Waals surface area contributed by atoms with Gasteiger partial charge in [0.05, 0.1) is 0 Å². The van der Waals surface area contributed by atoms with Crippen molar-refractivity contribution < 1.29 is 4.39 Å². The Balaban J connectivity index is 1.96. The highest BCUT2D eigenvalue weighted by Gasteiger charge is 2.33. The van der Waals surface area contributed by atoms with Crippen molar-refractivity contribution >= 4 is 5.96 Å². The molecule has 4 heteroatoms. The fraction of sp³-hybridized carbons (Fsp3) is 0.533. The number of hydrogen-bond donors (Lipinski definition) is 1. The molecule has 0 saturated heterocycles. The highest BCUT2D eigenvalue weighted by Crippen LogP contribution is 2.29. The number of nitrogens with zero attached hydrogens (tertiary/aromatic N) is 2. The fourth-order valence-corrected chi connectivity index (χ4v) is 2.05. The molecule has 1 saturated carbocycles. The molecule has 1 aliphatic carbocycles. The van der Waals surface area contributed by atoms with Crippen LogP contribution in [0.4, 0.5) is 4.39 Å². The van der Waals surface area contributed by atoms with E-state index >= 15 is 0 Å². The van der Waals surface area contributed by atoms with Crippen molar-refractivity contribution in [2.45, 2.75) is 32.9 Å². The summed E-state index contributed by atoms with van der Waals surface area (Å²) in [5.74, 6) is 1.47. The molecule has 1 fully saturated rings. The van der Waals surface area contributed by atoms with E-state index in [9.17, 15) is 4.39 Å². The minimum absolute atomic E-state index is 0.196. The van der Waals surface area contributed by atoms with Gasteiger partial charge in [-0.3, -0.25) is 4.99 Å². The molecule has 0 heterocycles. The normalized spacial score (nSPS) is 22.2. The summed E-state index contributed by atoms with van der Waals surface area (Å²) in [5, 5.41) is 3.47. The molecule has 1 N–H and O–H groups in total. The second-order valence-electron chi connectivity index (χ2n) is 5.24. The smallest absolute Gasteiger partial charge is 0.194 e. The van der Waals surface area contributed by atoms with Gasteiger partial charge >= 0.3 is 0 Å². The minimum atomic E-state index is -0.196. The van der Waals surface area contributed by atoms with Crippen molar-refractivity contribution in [3.8, 4) is 0 Å². The standard InChI is InChI=1S/C15H22FN3/c1-4-17-15(18-14-9-11(14)2)19(3)10-12-5-7-13(16)8-6-12/h5-8,11,14H,4,9-10H2,1-3H3,(H,17,18). The SMILES string of the molecule is CCN=C(NC1CC1C)N(C)Cc1ccc(F)cc1. The van der Waals surface area contributed by atoms with Crippen LogP contribution < -0.4 is 5.32 Å². The van der Waals surface area contributed by atoms with E-state index in [-0.39, 0.29) is 5.82 Å². The first kappa shape index (κ1) is 13.8. The molecule has 0 amide bonds. The van der Waals surface area contributed by atoms with E-state index in [1.54, 1.807) is 0 Å². The van der Waals surface area contributed by atoms with Gasteiger partial charge in [-0.15, -0.1) is 0 Å². The summed E-state index contributed by atoms with van der Waals surface area (Å²) in [6.45, 7) is 5.76. The highest BCUT2D eigenvalue weighted by molar-refractivity contribution is 5.80. The molecule has 2 atom stereocenters. The van der Waals surface area contributed by atoms with Crippen molar-refractivity contribution in [1.29, 1.82) is 0 Å². The third kappa shape index (κ3) is 3.94. The van der Waals surface area contributed by atoms with Gasteiger partial charge in [-0.25, -0.2) is 4.39 Å². The predicted molar refractivity (Wildman–Crippen MR) is 76.5 cm³/mol. The quantitative estimate of drug-likeness (QED) is 0.668. The van der Waals surface area contributed by atoms with Gasteiger partial charge in [0.1, 0.15) is 5.82 Å². The van der Waals surface area contributed by atoms with Crippen molar-refractivity contribution in [2.24, 2.45) is 10.9 Å². The van der Waals surface area contributed by atoms with E-state index in [2.05, 4.69) is 22.1 Å². The van der Waals surface area contributed by atoms with Gasteiger partial charge in [0.25, 0.3) is 0 Å². The Labute approximate surface area is 114 Å². The summed E-state index contributed by atoms with van der Waals surface area (Å²) < 4.78 is 12.9. The molecule has 19 heavy (non-hydrogen) atoms. The molecular formula is C15H22FN3. The van der Waals surface area contributed by atoms with Crippen molar-refractivity contribution in [3.05, 3.63) is 35.6 Å².